The predicted molar refractivity (Wildman–Crippen MR) is 94.2 cm³/mol. The van der Waals surface area contributed by atoms with Gasteiger partial charge in [-0.25, -0.2) is 5.01 Å². The zero-order chi connectivity index (χ0) is 19.7. The summed E-state index contributed by atoms with van der Waals surface area (Å²) in [5.41, 5.74) is 1.29. The minimum atomic E-state index is -4.79. The molecule has 2 heterocycles. The number of hydrazine groups is 1. The molecule has 1 aromatic heterocycles. The van der Waals surface area contributed by atoms with Crippen LogP contribution >= 0.6 is 0 Å². The van der Waals surface area contributed by atoms with Crippen LogP contribution in [0.25, 0.3) is 11.3 Å². The molecule has 1 saturated heterocycles. The Balaban J connectivity index is 1.60. The van der Waals surface area contributed by atoms with Crippen molar-refractivity contribution in [3.63, 3.8) is 0 Å². The van der Waals surface area contributed by atoms with Crippen molar-refractivity contribution in [3.05, 3.63) is 35.6 Å². The average molecular weight is 397 g/mol. The lowest BCUT2D eigenvalue weighted by atomic mass is 10.0. The number of nitrogens with zero attached hydrogens (tertiary/aromatic N) is 2. The third kappa shape index (κ3) is 4.48. The lowest BCUT2D eigenvalue weighted by Crippen LogP contribution is -2.41. The largest absolute Gasteiger partial charge is 0.573 e. The van der Waals surface area contributed by atoms with E-state index in [1.165, 1.54) is 12.1 Å². The highest BCUT2D eigenvalue weighted by molar-refractivity contribution is 5.70. The summed E-state index contributed by atoms with van der Waals surface area (Å²) in [4.78, 5) is 0. The third-order valence-electron chi connectivity index (χ3n) is 5.07. The van der Waals surface area contributed by atoms with E-state index in [1.807, 2.05) is 0 Å². The van der Waals surface area contributed by atoms with E-state index in [9.17, 15) is 13.2 Å². The fourth-order valence-electron chi connectivity index (χ4n) is 3.46. The molecule has 0 amide bonds. The van der Waals surface area contributed by atoms with Crippen molar-refractivity contribution in [2.75, 3.05) is 13.1 Å². The second-order valence-corrected chi connectivity index (χ2v) is 7.24. The number of halogens is 3. The fourth-order valence-corrected chi connectivity index (χ4v) is 3.46. The SMILES string of the molecule is NN1CCC(OCc2c(-c3ccccc3OC(F)(F)F)noc2C2CC2)CC1. The summed E-state index contributed by atoms with van der Waals surface area (Å²) < 4.78 is 54.2. The maximum atomic E-state index is 12.8. The van der Waals surface area contributed by atoms with Crippen molar-refractivity contribution < 1.29 is 27.2 Å². The second kappa shape index (κ2) is 7.73. The summed E-state index contributed by atoms with van der Waals surface area (Å²) in [5, 5.41) is 5.84. The molecule has 1 aliphatic carbocycles. The molecule has 0 bridgehead atoms. The number of hydrogen-bond acceptors (Lipinski definition) is 6. The lowest BCUT2D eigenvalue weighted by molar-refractivity contribution is -0.274. The van der Waals surface area contributed by atoms with Gasteiger partial charge in [0.1, 0.15) is 17.2 Å². The molecule has 2 fully saturated rings. The maximum Gasteiger partial charge on any atom is 0.573 e. The van der Waals surface area contributed by atoms with Crippen LogP contribution in [0, 0.1) is 0 Å². The molecule has 9 heteroatoms. The molecule has 2 aliphatic rings. The Morgan fingerprint density at radius 2 is 1.86 bits per heavy atom. The molecular weight excluding hydrogens is 375 g/mol. The topological polar surface area (TPSA) is 73.8 Å². The van der Waals surface area contributed by atoms with Crippen LogP contribution in [-0.4, -0.2) is 35.7 Å². The summed E-state index contributed by atoms with van der Waals surface area (Å²) in [6.45, 7) is 1.73. The molecular formula is C19H22F3N3O3. The molecule has 4 rings (SSSR count). The minimum Gasteiger partial charge on any atom is -0.405 e. The highest BCUT2D eigenvalue weighted by atomic mass is 19.4. The van der Waals surface area contributed by atoms with Gasteiger partial charge in [0.15, 0.2) is 0 Å². The van der Waals surface area contributed by atoms with Crippen LogP contribution in [-0.2, 0) is 11.3 Å². The van der Waals surface area contributed by atoms with E-state index in [0.717, 1.165) is 38.8 Å². The van der Waals surface area contributed by atoms with Crippen LogP contribution in [0.15, 0.2) is 28.8 Å². The van der Waals surface area contributed by atoms with Crippen molar-refractivity contribution in [1.82, 2.24) is 10.2 Å². The molecule has 1 aliphatic heterocycles. The monoisotopic (exact) mass is 397 g/mol. The predicted octanol–water partition coefficient (Wildman–Crippen LogP) is 3.97. The van der Waals surface area contributed by atoms with Crippen LogP contribution in [0.1, 0.15) is 42.9 Å². The van der Waals surface area contributed by atoms with Crippen LogP contribution in [0.3, 0.4) is 0 Å². The molecule has 152 valence electrons. The number of ether oxygens (including phenoxy) is 2. The molecule has 0 radical (unpaired) electrons. The number of nitrogens with two attached hydrogens (primary N) is 1. The highest BCUT2D eigenvalue weighted by Crippen LogP contribution is 2.45. The first kappa shape index (κ1) is 19.2. The number of aromatic nitrogens is 1. The molecule has 1 saturated carbocycles. The van der Waals surface area contributed by atoms with Crippen molar-refractivity contribution in [1.29, 1.82) is 0 Å². The molecule has 0 atom stereocenters. The summed E-state index contributed by atoms with van der Waals surface area (Å²) in [6, 6.07) is 5.96. The van der Waals surface area contributed by atoms with Gasteiger partial charge in [0.2, 0.25) is 0 Å². The van der Waals surface area contributed by atoms with E-state index in [4.69, 9.17) is 15.1 Å². The Morgan fingerprint density at radius 3 is 2.54 bits per heavy atom. The zero-order valence-corrected chi connectivity index (χ0v) is 15.2. The number of alkyl halides is 3. The van der Waals surface area contributed by atoms with E-state index in [1.54, 1.807) is 17.1 Å². The average Bonchev–Trinajstić information content (AvgIpc) is 3.40. The molecule has 2 N–H and O–H groups in total. The van der Waals surface area contributed by atoms with Crippen molar-refractivity contribution >= 4 is 0 Å². The van der Waals surface area contributed by atoms with Crippen LogP contribution in [0.2, 0.25) is 0 Å². The first-order valence-corrected chi connectivity index (χ1v) is 9.35. The second-order valence-electron chi connectivity index (χ2n) is 7.24. The van der Waals surface area contributed by atoms with E-state index in [-0.39, 0.29) is 29.9 Å². The molecule has 0 unspecified atom stereocenters. The maximum absolute atomic E-state index is 12.8. The van der Waals surface area contributed by atoms with Crippen molar-refractivity contribution in [2.45, 2.75) is 50.7 Å². The normalized spacial score (nSPS) is 19.1. The Morgan fingerprint density at radius 1 is 1.14 bits per heavy atom. The number of piperidine rings is 1. The number of benzene rings is 1. The molecule has 2 aromatic rings. The van der Waals surface area contributed by atoms with Crippen LogP contribution in [0.5, 0.6) is 5.75 Å². The summed E-state index contributed by atoms with van der Waals surface area (Å²) in [6.07, 6.45) is -1.16. The van der Waals surface area contributed by atoms with Gasteiger partial charge in [-0.15, -0.1) is 13.2 Å². The van der Waals surface area contributed by atoms with Crippen molar-refractivity contribution in [2.24, 2.45) is 5.84 Å². The number of para-hydroxylation sites is 1. The molecule has 28 heavy (non-hydrogen) atoms. The van der Waals surface area contributed by atoms with Crippen LogP contribution in [0.4, 0.5) is 13.2 Å². The standard InChI is InChI=1S/C19H22F3N3O3/c20-19(21,22)27-16-4-2-1-3-14(16)17-15(18(28-24-17)12-5-6-12)11-26-13-7-9-25(23)10-8-13/h1-4,12-13H,5-11,23H2. The van der Waals surface area contributed by atoms with Gasteiger partial charge >= 0.3 is 6.36 Å². The van der Waals surface area contributed by atoms with Crippen molar-refractivity contribution in [3.8, 4) is 17.0 Å². The smallest absolute Gasteiger partial charge is 0.405 e. The Labute approximate surface area is 160 Å². The number of hydrogen-bond donors (Lipinski definition) is 1. The molecule has 1 aromatic carbocycles. The lowest BCUT2D eigenvalue weighted by Gasteiger charge is -2.28. The zero-order valence-electron chi connectivity index (χ0n) is 15.2. The first-order valence-electron chi connectivity index (χ1n) is 9.35. The summed E-state index contributed by atoms with van der Waals surface area (Å²) in [7, 11) is 0. The van der Waals surface area contributed by atoms with E-state index < -0.39 is 6.36 Å². The van der Waals surface area contributed by atoms with Gasteiger partial charge in [-0.05, 0) is 37.8 Å². The van der Waals surface area contributed by atoms with Gasteiger partial charge in [-0.3, -0.25) is 5.84 Å². The first-order chi connectivity index (χ1) is 13.4. The minimum absolute atomic E-state index is 0.0521. The Kier molecular flexibility index (Phi) is 5.31. The van der Waals surface area contributed by atoms with Gasteiger partial charge < -0.3 is 14.0 Å². The van der Waals surface area contributed by atoms with Gasteiger partial charge in [0.05, 0.1) is 12.7 Å². The number of rotatable bonds is 6. The Bertz CT molecular complexity index is 812. The van der Waals surface area contributed by atoms with Gasteiger partial charge in [-0.1, -0.05) is 17.3 Å². The van der Waals surface area contributed by atoms with Gasteiger partial charge in [-0.2, -0.15) is 0 Å². The quantitative estimate of drug-likeness (QED) is 0.744. The molecule has 6 nitrogen and oxygen atoms in total. The fraction of sp³-hybridized carbons (Fsp3) is 0.526. The van der Waals surface area contributed by atoms with Gasteiger partial charge in [0, 0.05) is 30.1 Å². The van der Waals surface area contributed by atoms with E-state index >= 15 is 0 Å². The van der Waals surface area contributed by atoms with Gasteiger partial charge in [0.25, 0.3) is 0 Å². The third-order valence-corrected chi connectivity index (χ3v) is 5.07. The Hall–Kier alpha value is -2.10. The highest BCUT2D eigenvalue weighted by Gasteiger charge is 2.36. The molecule has 0 spiro atoms. The van der Waals surface area contributed by atoms with E-state index in [2.05, 4.69) is 9.89 Å². The van der Waals surface area contributed by atoms with E-state index in [0.29, 0.717) is 17.0 Å². The van der Waals surface area contributed by atoms with Crippen LogP contribution < -0.4 is 10.6 Å². The summed E-state index contributed by atoms with van der Waals surface area (Å²) in [5.74, 6) is 6.42. The summed E-state index contributed by atoms with van der Waals surface area (Å²) >= 11 is 0.